The van der Waals surface area contributed by atoms with Gasteiger partial charge in [-0.15, -0.1) is 0 Å². The Balaban J connectivity index is 2.34. The zero-order chi connectivity index (χ0) is 13.8. The molecule has 100 valence electrons. The van der Waals surface area contributed by atoms with Crippen molar-refractivity contribution in [2.75, 3.05) is 11.9 Å². The zero-order valence-electron chi connectivity index (χ0n) is 11.8. The number of aryl methyl sites for hydroxylation is 2. The summed E-state index contributed by atoms with van der Waals surface area (Å²) >= 11 is 0. The average Bonchev–Trinajstić information content (AvgIpc) is 2.35. The number of aromatic nitrogens is 2. The fraction of sp³-hybridized carbons (Fsp3) is 0.333. The third-order valence-corrected chi connectivity index (χ3v) is 2.76. The highest BCUT2D eigenvalue weighted by Gasteiger charge is 2.10. The van der Waals surface area contributed by atoms with Crippen LogP contribution in [0.5, 0.6) is 11.6 Å². The molecule has 4 heteroatoms. The van der Waals surface area contributed by atoms with E-state index in [2.05, 4.69) is 15.3 Å². The predicted molar refractivity (Wildman–Crippen MR) is 76.9 cm³/mol. The SMILES string of the molecule is CCNc1nc(C)nc(Oc2cccc(C)c2)c1C. The highest BCUT2D eigenvalue weighted by molar-refractivity contribution is 5.49. The quantitative estimate of drug-likeness (QED) is 0.908. The molecule has 1 heterocycles. The Bertz CT molecular complexity index is 582. The van der Waals surface area contributed by atoms with Crippen LogP contribution in [-0.4, -0.2) is 16.5 Å². The Kier molecular flexibility index (Phi) is 4.00. The molecule has 1 aromatic carbocycles. The zero-order valence-corrected chi connectivity index (χ0v) is 11.8. The molecule has 0 bridgehead atoms. The fourth-order valence-electron chi connectivity index (χ4n) is 1.83. The van der Waals surface area contributed by atoms with Gasteiger partial charge in [0.25, 0.3) is 0 Å². The third kappa shape index (κ3) is 3.22. The second kappa shape index (κ2) is 5.69. The molecule has 0 amide bonds. The number of ether oxygens (including phenoxy) is 1. The minimum atomic E-state index is 0.606. The standard InChI is InChI=1S/C15H19N3O/c1-5-16-14-11(3)15(18-12(4)17-14)19-13-8-6-7-10(2)9-13/h6-9H,5H2,1-4H3,(H,16,17,18). The lowest BCUT2D eigenvalue weighted by Crippen LogP contribution is -2.06. The van der Waals surface area contributed by atoms with Crippen molar-refractivity contribution >= 4 is 5.82 Å². The molecule has 2 aromatic rings. The molecule has 0 aliphatic heterocycles. The van der Waals surface area contributed by atoms with Crippen LogP contribution in [0, 0.1) is 20.8 Å². The molecule has 0 unspecified atom stereocenters. The third-order valence-electron chi connectivity index (χ3n) is 2.76. The second-order valence-corrected chi connectivity index (χ2v) is 4.50. The van der Waals surface area contributed by atoms with E-state index < -0.39 is 0 Å². The summed E-state index contributed by atoms with van der Waals surface area (Å²) in [5.41, 5.74) is 2.08. The van der Waals surface area contributed by atoms with Crippen molar-refractivity contribution in [2.45, 2.75) is 27.7 Å². The van der Waals surface area contributed by atoms with Crippen LogP contribution in [0.2, 0.25) is 0 Å². The van der Waals surface area contributed by atoms with Crippen LogP contribution in [-0.2, 0) is 0 Å². The topological polar surface area (TPSA) is 47.0 Å². The Morgan fingerprint density at radius 3 is 2.63 bits per heavy atom. The molecule has 19 heavy (non-hydrogen) atoms. The van der Waals surface area contributed by atoms with Crippen molar-refractivity contribution in [2.24, 2.45) is 0 Å². The summed E-state index contributed by atoms with van der Waals surface area (Å²) in [7, 11) is 0. The van der Waals surface area contributed by atoms with Crippen LogP contribution in [0.15, 0.2) is 24.3 Å². The first kappa shape index (κ1) is 13.3. The summed E-state index contributed by atoms with van der Waals surface area (Å²) in [6, 6.07) is 7.93. The van der Waals surface area contributed by atoms with Crippen molar-refractivity contribution < 1.29 is 4.74 Å². The van der Waals surface area contributed by atoms with Crippen molar-refractivity contribution in [1.82, 2.24) is 9.97 Å². The maximum absolute atomic E-state index is 5.87. The van der Waals surface area contributed by atoms with Gasteiger partial charge in [0.05, 0.1) is 5.56 Å². The molecular weight excluding hydrogens is 238 g/mol. The first-order valence-electron chi connectivity index (χ1n) is 6.43. The summed E-state index contributed by atoms with van der Waals surface area (Å²) in [5.74, 6) is 2.93. The van der Waals surface area contributed by atoms with Crippen LogP contribution in [0.3, 0.4) is 0 Å². The summed E-state index contributed by atoms with van der Waals surface area (Å²) < 4.78 is 5.87. The van der Waals surface area contributed by atoms with E-state index in [-0.39, 0.29) is 0 Å². The molecule has 0 fully saturated rings. The minimum absolute atomic E-state index is 0.606. The molecule has 0 radical (unpaired) electrons. The van der Waals surface area contributed by atoms with Gasteiger partial charge in [-0.05, 0) is 45.4 Å². The van der Waals surface area contributed by atoms with E-state index in [0.29, 0.717) is 11.7 Å². The number of benzene rings is 1. The Labute approximate surface area is 113 Å². The molecule has 4 nitrogen and oxygen atoms in total. The van der Waals surface area contributed by atoms with Crippen molar-refractivity contribution in [3.05, 3.63) is 41.2 Å². The van der Waals surface area contributed by atoms with E-state index in [9.17, 15) is 0 Å². The Morgan fingerprint density at radius 2 is 1.95 bits per heavy atom. The normalized spacial score (nSPS) is 10.3. The van der Waals surface area contributed by atoms with E-state index in [1.54, 1.807) is 0 Å². The molecule has 0 aliphatic rings. The summed E-state index contributed by atoms with van der Waals surface area (Å²) in [5, 5.41) is 3.22. The number of rotatable bonds is 4. The first-order chi connectivity index (χ1) is 9.10. The van der Waals surface area contributed by atoms with Gasteiger partial charge in [-0.25, -0.2) is 4.98 Å². The summed E-state index contributed by atoms with van der Waals surface area (Å²) in [4.78, 5) is 8.75. The van der Waals surface area contributed by atoms with E-state index in [1.165, 1.54) is 0 Å². The van der Waals surface area contributed by atoms with Crippen LogP contribution < -0.4 is 10.1 Å². The summed E-state index contributed by atoms with van der Waals surface area (Å²) in [6.07, 6.45) is 0. The Hall–Kier alpha value is -2.10. The molecule has 0 saturated heterocycles. The molecule has 0 saturated carbocycles. The van der Waals surface area contributed by atoms with Gasteiger partial charge in [0.1, 0.15) is 17.4 Å². The molecule has 1 N–H and O–H groups in total. The van der Waals surface area contributed by atoms with Crippen LogP contribution in [0.25, 0.3) is 0 Å². The van der Waals surface area contributed by atoms with Gasteiger partial charge < -0.3 is 10.1 Å². The van der Waals surface area contributed by atoms with Crippen molar-refractivity contribution in [1.29, 1.82) is 0 Å². The van der Waals surface area contributed by atoms with Gasteiger partial charge in [0.2, 0.25) is 5.88 Å². The molecular formula is C15H19N3O. The van der Waals surface area contributed by atoms with E-state index in [1.807, 2.05) is 52.0 Å². The van der Waals surface area contributed by atoms with E-state index in [4.69, 9.17) is 4.74 Å². The monoisotopic (exact) mass is 257 g/mol. The molecule has 0 atom stereocenters. The number of anilines is 1. The number of nitrogens with one attached hydrogen (secondary N) is 1. The lowest BCUT2D eigenvalue weighted by molar-refractivity contribution is 0.455. The molecule has 2 rings (SSSR count). The lowest BCUT2D eigenvalue weighted by atomic mass is 10.2. The van der Waals surface area contributed by atoms with Crippen molar-refractivity contribution in [3.63, 3.8) is 0 Å². The molecule has 0 spiro atoms. The maximum atomic E-state index is 5.87. The van der Waals surface area contributed by atoms with Gasteiger partial charge in [-0.3, -0.25) is 0 Å². The van der Waals surface area contributed by atoms with Gasteiger partial charge in [0.15, 0.2) is 0 Å². The number of hydrogen-bond acceptors (Lipinski definition) is 4. The highest BCUT2D eigenvalue weighted by atomic mass is 16.5. The predicted octanol–water partition coefficient (Wildman–Crippen LogP) is 3.63. The van der Waals surface area contributed by atoms with Gasteiger partial charge in [-0.1, -0.05) is 12.1 Å². The average molecular weight is 257 g/mol. The molecule has 1 aromatic heterocycles. The van der Waals surface area contributed by atoms with Gasteiger partial charge in [0, 0.05) is 6.54 Å². The second-order valence-electron chi connectivity index (χ2n) is 4.50. The minimum Gasteiger partial charge on any atom is -0.439 e. The maximum Gasteiger partial charge on any atom is 0.227 e. The lowest BCUT2D eigenvalue weighted by Gasteiger charge is -2.12. The number of hydrogen-bond donors (Lipinski definition) is 1. The van der Waals surface area contributed by atoms with E-state index >= 15 is 0 Å². The van der Waals surface area contributed by atoms with E-state index in [0.717, 1.165) is 29.2 Å². The first-order valence-corrected chi connectivity index (χ1v) is 6.43. The van der Waals surface area contributed by atoms with Crippen LogP contribution in [0.1, 0.15) is 23.9 Å². The van der Waals surface area contributed by atoms with Crippen LogP contribution >= 0.6 is 0 Å². The fourth-order valence-corrected chi connectivity index (χ4v) is 1.83. The molecule has 0 aliphatic carbocycles. The van der Waals surface area contributed by atoms with Gasteiger partial charge >= 0.3 is 0 Å². The smallest absolute Gasteiger partial charge is 0.227 e. The summed E-state index contributed by atoms with van der Waals surface area (Å²) in [6.45, 7) is 8.72. The van der Waals surface area contributed by atoms with Crippen LogP contribution in [0.4, 0.5) is 5.82 Å². The largest absolute Gasteiger partial charge is 0.439 e. The number of nitrogens with zero attached hydrogens (tertiary/aromatic N) is 2. The van der Waals surface area contributed by atoms with Gasteiger partial charge in [-0.2, -0.15) is 4.98 Å². The Morgan fingerprint density at radius 1 is 1.16 bits per heavy atom. The highest BCUT2D eigenvalue weighted by Crippen LogP contribution is 2.27. The van der Waals surface area contributed by atoms with Crippen molar-refractivity contribution in [3.8, 4) is 11.6 Å².